The first-order chi connectivity index (χ1) is 15.8. The summed E-state index contributed by atoms with van der Waals surface area (Å²) in [6.45, 7) is 8.32. The number of ketones is 1. The van der Waals surface area contributed by atoms with E-state index in [0.29, 0.717) is 28.7 Å². The van der Waals surface area contributed by atoms with Crippen molar-refractivity contribution in [2.75, 3.05) is 18.0 Å². The monoisotopic (exact) mass is 461 g/mol. The van der Waals surface area contributed by atoms with Crippen molar-refractivity contribution in [2.45, 2.75) is 44.4 Å². The van der Waals surface area contributed by atoms with Crippen LogP contribution in [-0.4, -0.2) is 40.4 Å². The number of hydrogen-bond donors (Lipinski definition) is 1. The van der Waals surface area contributed by atoms with E-state index in [1.807, 2.05) is 24.3 Å². The van der Waals surface area contributed by atoms with Gasteiger partial charge in [-0.2, -0.15) is 4.98 Å². The van der Waals surface area contributed by atoms with Gasteiger partial charge in [-0.05, 0) is 23.9 Å². The SMILES string of the molecule is CC(C)(C)C1(c2ccccc2)CN(c2nc(C(=O)C3CCN3)co2)C1(O[SiH3])c1ccccc1. The van der Waals surface area contributed by atoms with Crippen molar-refractivity contribution in [3.63, 3.8) is 0 Å². The highest BCUT2D eigenvalue weighted by molar-refractivity contribution is 5.99. The quantitative estimate of drug-likeness (QED) is 0.449. The molecule has 0 spiro atoms. The van der Waals surface area contributed by atoms with Crippen LogP contribution in [0.2, 0.25) is 0 Å². The molecule has 5 rings (SSSR count). The Bertz CT molecular complexity index is 1140. The van der Waals surface area contributed by atoms with Gasteiger partial charge in [0.05, 0.1) is 11.5 Å². The lowest BCUT2D eigenvalue weighted by Crippen LogP contribution is -2.80. The number of benzene rings is 2. The van der Waals surface area contributed by atoms with E-state index in [9.17, 15) is 4.79 Å². The summed E-state index contributed by atoms with van der Waals surface area (Å²) in [7, 11) is 0.510. The molecule has 3 heterocycles. The van der Waals surface area contributed by atoms with Crippen LogP contribution in [0.25, 0.3) is 0 Å². The van der Waals surface area contributed by atoms with E-state index in [1.54, 1.807) is 0 Å². The second kappa shape index (κ2) is 7.94. The van der Waals surface area contributed by atoms with Crippen molar-refractivity contribution >= 4 is 22.3 Å². The summed E-state index contributed by atoms with van der Waals surface area (Å²) < 4.78 is 12.6. The lowest BCUT2D eigenvalue weighted by Gasteiger charge is -2.69. The van der Waals surface area contributed by atoms with Crippen molar-refractivity contribution in [1.82, 2.24) is 10.3 Å². The Morgan fingerprint density at radius 1 is 1.12 bits per heavy atom. The molecule has 3 atom stereocenters. The van der Waals surface area contributed by atoms with Gasteiger partial charge in [-0.1, -0.05) is 81.4 Å². The third kappa shape index (κ3) is 3.06. The van der Waals surface area contributed by atoms with Gasteiger partial charge in [0.15, 0.2) is 5.72 Å². The van der Waals surface area contributed by atoms with Crippen molar-refractivity contribution in [1.29, 1.82) is 0 Å². The first kappa shape index (κ1) is 22.1. The fourth-order valence-corrected chi connectivity index (χ4v) is 6.45. The number of carbonyl (C=O) groups excluding carboxylic acids is 1. The molecule has 2 aromatic carbocycles. The zero-order valence-electron chi connectivity index (χ0n) is 19.7. The van der Waals surface area contributed by atoms with Crippen molar-refractivity contribution in [2.24, 2.45) is 5.41 Å². The van der Waals surface area contributed by atoms with Crippen LogP contribution in [0, 0.1) is 5.41 Å². The van der Waals surface area contributed by atoms with Gasteiger partial charge < -0.3 is 14.2 Å². The van der Waals surface area contributed by atoms with Crippen molar-refractivity contribution in [3.8, 4) is 0 Å². The number of nitrogens with one attached hydrogen (secondary N) is 1. The van der Waals surface area contributed by atoms with Crippen LogP contribution in [0.3, 0.4) is 0 Å². The summed E-state index contributed by atoms with van der Waals surface area (Å²) >= 11 is 0. The Labute approximate surface area is 197 Å². The summed E-state index contributed by atoms with van der Waals surface area (Å²) in [4.78, 5) is 19.5. The van der Waals surface area contributed by atoms with Gasteiger partial charge in [-0.15, -0.1) is 0 Å². The zero-order chi connectivity index (χ0) is 23.3. The molecule has 0 bridgehead atoms. The van der Waals surface area contributed by atoms with Crippen LogP contribution < -0.4 is 10.2 Å². The van der Waals surface area contributed by atoms with Crippen LogP contribution in [-0.2, 0) is 15.6 Å². The Morgan fingerprint density at radius 2 is 1.73 bits per heavy atom. The predicted octanol–water partition coefficient (Wildman–Crippen LogP) is 3.17. The van der Waals surface area contributed by atoms with Crippen LogP contribution >= 0.6 is 0 Å². The molecule has 3 aromatic rings. The van der Waals surface area contributed by atoms with E-state index in [2.05, 4.69) is 72.4 Å². The molecule has 2 fully saturated rings. The predicted molar refractivity (Wildman–Crippen MR) is 131 cm³/mol. The average Bonchev–Trinajstić information content (AvgIpc) is 3.23. The van der Waals surface area contributed by atoms with Crippen molar-refractivity contribution in [3.05, 3.63) is 83.7 Å². The fraction of sp³-hybridized carbons (Fsp3) is 0.385. The van der Waals surface area contributed by atoms with E-state index >= 15 is 0 Å². The van der Waals surface area contributed by atoms with Crippen LogP contribution in [0.1, 0.15) is 48.8 Å². The lowest BCUT2D eigenvalue weighted by atomic mass is 9.50. The number of oxazole rings is 1. The molecule has 1 aromatic heterocycles. The molecule has 0 radical (unpaired) electrons. The molecule has 0 saturated carbocycles. The molecule has 33 heavy (non-hydrogen) atoms. The molecular weight excluding hydrogens is 430 g/mol. The molecule has 6 nitrogen and oxygen atoms in total. The molecular formula is C26H31N3O3Si. The molecule has 0 aliphatic carbocycles. The van der Waals surface area contributed by atoms with E-state index in [-0.39, 0.29) is 22.7 Å². The second-order valence-electron chi connectivity index (χ2n) is 10.00. The summed E-state index contributed by atoms with van der Waals surface area (Å²) in [6.07, 6.45) is 2.32. The van der Waals surface area contributed by atoms with Gasteiger partial charge in [0.2, 0.25) is 5.78 Å². The molecule has 2 aliphatic rings. The van der Waals surface area contributed by atoms with Crippen LogP contribution in [0.4, 0.5) is 6.01 Å². The van der Waals surface area contributed by atoms with Crippen molar-refractivity contribution < 1.29 is 13.6 Å². The number of nitrogens with zero attached hydrogens (tertiary/aromatic N) is 2. The standard InChI is InChI=1S/C26H31N3O3Si/c1-24(2,3)25(18-10-6-4-7-11-18)17-29(26(25,32-33)19-12-8-5-9-13-19)23-28-21(16-31-23)22(30)20-14-15-27-20/h4-13,16,20,27H,14-15,17H2,1-3,33H3. The van der Waals surface area contributed by atoms with Gasteiger partial charge in [0, 0.05) is 12.1 Å². The maximum absolute atomic E-state index is 12.8. The molecule has 1 N–H and O–H groups in total. The zero-order valence-corrected chi connectivity index (χ0v) is 21.7. The second-order valence-corrected chi connectivity index (χ2v) is 10.4. The average molecular weight is 462 g/mol. The van der Waals surface area contributed by atoms with E-state index in [1.165, 1.54) is 11.8 Å². The van der Waals surface area contributed by atoms with E-state index in [4.69, 9.17) is 8.84 Å². The minimum Gasteiger partial charge on any atom is -0.431 e. The molecule has 3 unspecified atom stereocenters. The Kier molecular flexibility index (Phi) is 5.31. The molecule has 0 amide bonds. The third-order valence-corrected chi connectivity index (χ3v) is 8.07. The molecule has 172 valence electrons. The topological polar surface area (TPSA) is 67.6 Å². The van der Waals surface area contributed by atoms with Gasteiger partial charge >= 0.3 is 0 Å². The molecule has 2 saturated heterocycles. The minimum absolute atomic E-state index is 0.0148. The highest BCUT2D eigenvalue weighted by atomic mass is 28.2. The number of Topliss-reactive ketones (excluding diaryl/α,β-unsaturated/α-hetero) is 1. The number of rotatable bonds is 6. The highest BCUT2D eigenvalue weighted by Crippen LogP contribution is 2.64. The molecule has 2 aliphatic heterocycles. The first-order valence-corrected chi connectivity index (χ1v) is 12.3. The third-order valence-electron chi connectivity index (χ3n) is 7.48. The summed E-state index contributed by atoms with van der Waals surface area (Å²) in [6, 6.07) is 21.2. The van der Waals surface area contributed by atoms with Gasteiger partial charge in [0.25, 0.3) is 6.01 Å². The smallest absolute Gasteiger partial charge is 0.300 e. The molecule has 7 heteroatoms. The van der Waals surface area contributed by atoms with Crippen LogP contribution in [0.15, 0.2) is 71.3 Å². The summed E-state index contributed by atoms with van der Waals surface area (Å²) in [5, 5.41) is 3.15. The number of anilines is 1. The summed E-state index contributed by atoms with van der Waals surface area (Å²) in [5.74, 6) is -0.0148. The largest absolute Gasteiger partial charge is 0.431 e. The van der Waals surface area contributed by atoms with Crippen LogP contribution in [0.5, 0.6) is 0 Å². The Morgan fingerprint density at radius 3 is 2.24 bits per heavy atom. The van der Waals surface area contributed by atoms with Gasteiger partial charge in [-0.25, -0.2) is 0 Å². The summed E-state index contributed by atoms with van der Waals surface area (Å²) in [5.41, 5.74) is 1.32. The highest BCUT2D eigenvalue weighted by Gasteiger charge is 2.72. The maximum Gasteiger partial charge on any atom is 0.300 e. The first-order valence-electron chi connectivity index (χ1n) is 11.5. The number of aromatic nitrogens is 1. The van der Waals surface area contributed by atoms with Gasteiger partial charge in [0.1, 0.15) is 22.4 Å². The fourth-order valence-electron chi connectivity index (χ4n) is 5.65. The number of carbonyl (C=O) groups is 1. The number of hydrogen-bond acceptors (Lipinski definition) is 6. The Balaban J connectivity index is 1.66. The minimum atomic E-state index is -0.806. The normalized spacial score (nSPS) is 27.1. The van der Waals surface area contributed by atoms with Gasteiger partial charge in [-0.3, -0.25) is 9.69 Å². The van der Waals surface area contributed by atoms with E-state index < -0.39 is 5.72 Å². The lowest BCUT2D eigenvalue weighted by molar-refractivity contribution is -0.133. The Hall–Kier alpha value is -2.74. The maximum atomic E-state index is 12.8. The van der Waals surface area contributed by atoms with E-state index in [0.717, 1.165) is 18.5 Å².